The summed E-state index contributed by atoms with van der Waals surface area (Å²) in [6.07, 6.45) is 0. The van der Waals surface area contributed by atoms with Crippen LogP contribution in [0.5, 0.6) is 0 Å². The average Bonchev–Trinajstić information content (AvgIpc) is 2.52. The summed E-state index contributed by atoms with van der Waals surface area (Å²) in [7, 11) is 0. The second-order valence-electron chi connectivity index (χ2n) is 3.34. The smallest absolute Gasteiger partial charge is 0.234 e. The van der Waals surface area contributed by atoms with Gasteiger partial charge < -0.3 is 5.32 Å². The molecule has 1 aliphatic rings. The molecule has 0 saturated carbocycles. The van der Waals surface area contributed by atoms with Crippen molar-refractivity contribution in [2.45, 2.75) is 17.5 Å². The molecule has 15 heavy (non-hydrogen) atoms. The van der Waals surface area contributed by atoms with Gasteiger partial charge in [-0.1, -0.05) is 29.3 Å². The fourth-order valence-corrected chi connectivity index (χ4v) is 2.78. The Bertz CT molecular complexity index is 410. The highest BCUT2D eigenvalue weighted by molar-refractivity contribution is 8.01. The molecular weight excluding hydrogens is 253 g/mol. The fraction of sp³-hybridized carbons (Fsp3) is 0.300. The maximum absolute atomic E-state index is 11.3. The lowest BCUT2D eigenvalue weighted by molar-refractivity contribution is -0.119. The zero-order chi connectivity index (χ0) is 11.0. The van der Waals surface area contributed by atoms with Crippen LogP contribution in [-0.4, -0.2) is 11.2 Å². The quantitative estimate of drug-likeness (QED) is 0.841. The first-order valence-corrected chi connectivity index (χ1v) is 6.18. The minimum atomic E-state index is -0.0118. The van der Waals surface area contributed by atoms with Crippen molar-refractivity contribution in [1.29, 1.82) is 0 Å². The van der Waals surface area contributed by atoms with Crippen molar-refractivity contribution >= 4 is 40.9 Å². The second kappa shape index (κ2) is 4.24. The van der Waals surface area contributed by atoms with E-state index in [1.165, 1.54) is 0 Å². The van der Waals surface area contributed by atoms with Gasteiger partial charge in [-0.2, -0.15) is 0 Å². The maximum Gasteiger partial charge on any atom is 0.234 e. The molecule has 1 aromatic rings. The molecule has 2 nitrogen and oxygen atoms in total. The van der Waals surface area contributed by atoms with E-state index in [9.17, 15) is 4.79 Å². The maximum atomic E-state index is 11.3. The standard InChI is InChI=1S/C10H9Cl2NOS/c1-5-9(14)13-10(15-5)6-2-3-7(11)8(12)4-6/h2-5,10H,1H3,(H,13,14)/t5-,10-/m1/s1. The molecule has 0 radical (unpaired) electrons. The highest BCUT2D eigenvalue weighted by atomic mass is 35.5. The molecule has 80 valence electrons. The van der Waals surface area contributed by atoms with E-state index >= 15 is 0 Å². The predicted molar refractivity (Wildman–Crippen MR) is 64.4 cm³/mol. The van der Waals surface area contributed by atoms with Crippen molar-refractivity contribution in [3.63, 3.8) is 0 Å². The number of thioether (sulfide) groups is 1. The summed E-state index contributed by atoms with van der Waals surface area (Å²) >= 11 is 13.3. The fourth-order valence-electron chi connectivity index (χ4n) is 1.38. The topological polar surface area (TPSA) is 29.1 Å². The van der Waals surface area contributed by atoms with Crippen molar-refractivity contribution < 1.29 is 4.79 Å². The largest absolute Gasteiger partial charge is 0.339 e. The Balaban J connectivity index is 2.24. The Morgan fingerprint density at radius 3 is 2.60 bits per heavy atom. The van der Waals surface area contributed by atoms with Gasteiger partial charge in [-0.25, -0.2) is 0 Å². The van der Waals surface area contributed by atoms with E-state index in [1.807, 2.05) is 13.0 Å². The van der Waals surface area contributed by atoms with Crippen LogP contribution in [-0.2, 0) is 4.79 Å². The Hall–Kier alpha value is -0.380. The molecule has 1 heterocycles. The number of amides is 1. The van der Waals surface area contributed by atoms with Crippen LogP contribution < -0.4 is 5.32 Å². The van der Waals surface area contributed by atoms with Gasteiger partial charge in [-0.3, -0.25) is 4.79 Å². The highest BCUT2D eigenvalue weighted by Crippen LogP contribution is 2.37. The lowest BCUT2D eigenvalue weighted by atomic mass is 10.2. The number of hydrogen-bond donors (Lipinski definition) is 1. The number of nitrogens with one attached hydrogen (secondary N) is 1. The Morgan fingerprint density at radius 2 is 2.07 bits per heavy atom. The van der Waals surface area contributed by atoms with Crippen molar-refractivity contribution in [3.8, 4) is 0 Å². The number of hydrogen-bond acceptors (Lipinski definition) is 2. The van der Waals surface area contributed by atoms with E-state index in [0.29, 0.717) is 10.0 Å². The molecule has 1 N–H and O–H groups in total. The molecule has 1 aromatic carbocycles. The molecule has 5 heteroatoms. The number of carbonyl (C=O) groups excluding carboxylic acids is 1. The molecule has 0 bridgehead atoms. The minimum Gasteiger partial charge on any atom is -0.339 e. The molecule has 0 unspecified atom stereocenters. The zero-order valence-electron chi connectivity index (χ0n) is 7.96. The lowest BCUT2D eigenvalue weighted by Gasteiger charge is -2.10. The van der Waals surface area contributed by atoms with Gasteiger partial charge in [0, 0.05) is 0 Å². The molecule has 1 fully saturated rings. The molecule has 0 aromatic heterocycles. The van der Waals surface area contributed by atoms with Crippen LogP contribution in [0.1, 0.15) is 17.9 Å². The van der Waals surface area contributed by atoms with Gasteiger partial charge >= 0.3 is 0 Å². The first-order valence-electron chi connectivity index (χ1n) is 4.48. The lowest BCUT2D eigenvalue weighted by Crippen LogP contribution is -2.22. The molecule has 0 aliphatic carbocycles. The summed E-state index contributed by atoms with van der Waals surface area (Å²) in [6.45, 7) is 1.89. The van der Waals surface area contributed by atoms with Crippen LogP contribution in [0, 0.1) is 0 Å². The molecule has 2 atom stereocenters. The van der Waals surface area contributed by atoms with Crippen LogP contribution in [0.15, 0.2) is 18.2 Å². The van der Waals surface area contributed by atoms with E-state index in [2.05, 4.69) is 5.32 Å². The molecule has 1 aliphatic heterocycles. The number of halogens is 2. The average molecular weight is 262 g/mol. The van der Waals surface area contributed by atoms with E-state index < -0.39 is 0 Å². The third-order valence-corrected chi connectivity index (χ3v) is 4.25. The summed E-state index contributed by atoms with van der Waals surface area (Å²) < 4.78 is 0. The summed E-state index contributed by atoms with van der Waals surface area (Å²) in [5, 5.41) is 3.91. The van der Waals surface area contributed by atoms with E-state index in [1.54, 1.807) is 23.9 Å². The molecule has 1 amide bonds. The minimum absolute atomic E-state index is 0.00977. The van der Waals surface area contributed by atoms with Gasteiger partial charge in [0.1, 0.15) is 5.37 Å². The Labute approximate surface area is 102 Å². The van der Waals surface area contributed by atoms with Gasteiger partial charge in [0.05, 0.1) is 15.3 Å². The normalized spacial score (nSPS) is 25.4. The van der Waals surface area contributed by atoms with E-state index in [0.717, 1.165) is 5.56 Å². The van der Waals surface area contributed by atoms with E-state index in [4.69, 9.17) is 23.2 Å². The van der Waals surface area contributed by atoms with Crippen molar-refractivity contribution in [2.75, 3.05) is 0 Å². The third kappa shape index (κ3) is 2.25. The van der Waals surface area contributed by atoms with Crippen molar-refractivity contribution in [3.05, 3.63) is 33.8 Å². The van der Waals surface area contributed by atoms with E-state index in [-0.39, 0.29) is 16.5 Å². The number of benzene rings is 1. The van der Waals surface area contributed by atoms with Gasteiger partial charge in [-0.15, -0.1) is 11.8 Å². The summed E-state index contributed by atoms with van der Waals surface area (Å²) in [5.41, 5.74) is 0.979. The Kier molecular flexibility index (Phi) is 3.14. The van der Waals surface area contributed by atoms with Crippen molar-refractivity contribution in [2.24, 2.45) is 0 Å². The Morgan fingerprint density at radius 1 is 1.33 bits per heavy atom. The van der Waals surface area contributed by atoms with Gasteiger partial charge in [-0.05, 0) is 24.6 Å². The monoisotopic (exact) mass is 261 g/mol. The van der Waals surface area contributed by atoms with Crippen LogP contribution in [0.4, 0.5) is 0 Å². The summed E-state index contributed by atoms with van der Waals surface area (Å²) in [6, 6.07) is 5.42. The molecule has 0 spiro atoms. The van der Waals surface area contributed by atoms with Crippen LogP contribution in [0.2, 0.25) is 10.0 Å². The van der Waals surface area contributed by atoms with Crippen molar-refractivity contribution in [1.82, 2.24) is 5.32 Å². The first kappa shape index (κ1) is 11.1. The summed E-state index contributed by atoms with van der Waals surface area (Å²) in [5.74, 6) is 0.0658. The molecular formula is C10H9Cl2NOS. The number of carbonyl (C=O) groups is 1. The van der Waals surface area contributed by atoms with Crippen LogP contribution in [0.25, 0.3) is 0 Å². The van der Waals surface area contributed by atoms with Crippen LogP contribution in [0.3, 0.4) is 0 Å². The van der Waals surface area contributed by atoms with Gasteiger partial charge in [0.15, 0.2) is 0 Å². The third-order valence-electron chi connectivity index (χ3n) is 2.23. The second-order valence-corrected chi connectivity index (χ2v) is 5.61. The molecule has 2 rings (SSSR count). The molecule has 1 saturated heterocycles. The SMILES string of the molecule is C[C@H]1S[C@H](c2ccc(Cl)c(Cl)c2)NC1=O. The predicted octanol–water partition coefficient (Wildman–Crippen LogP) is 3.24. The zero-order valence-corrected chi connectivity index (χ0v) is 10.3. The van der Waals surface area contributed by atoms with Crippen LogP contribution >= 0.6 is 35.0 Å². The first-order chi connectivity index (χ1) is 7.08. The van der Waals surface area contributed by atoms with Gasteiger partial charge in [0.25, 0.3) is 0 Å². The number of rotatable bonds is 1. The summed E-state index contributed by atoms with van der Waals surface area (Å²) in [4.78, 5) is 11.3. The van der Waals surface area contributed by atoms with Gasteiger partial charge in [0.2, 0.25) is 5.91 Å². The highest BCUT2D eigenvalue weighted by Gasteiger charge is 2.30.